The fourth-order valence-electron chi connectivity index (χ4n) is 1.74. The SMILES string of the molecule is Cc1cc(-c2cc(C(=O)O)on2)ccc1S(C)(=O)=O. The van der Waals surface area contributed by atoms with E-state index in [2.05, 4.69) is 9.68 Å². The fourth-order valence-corrected chi connectivity index (χ4v) is 2.70. The zero-order chi connectivity index (χ0) is 14.2. The standard InChI is InChI=1S/C12H11NO5S/c1-7-5-8(3-4-11(7)19(2,16)17)9-6-10(12(14)15)18-13-9/h3-6H,1-2H3,(H,14,15). The van der Waals surface area contributed by atoms with Gasteiger partial charge in [-0.2, -0.15) is 0 Å². The van der Waals surface area contributed by atoms with Gasteiger partial charge in [0.2, 0.25) is 5.76 Å². The Morgan fingerprint density at radius 2 is 2.00 bits per heavy atom. The third-order valence-electron chi connectivity index (χ3n) is 2.59. The molecule has 2 aromatic rings. The second-order valence-electron chi connectivity index (χ2n) is 4.13. The molecule has 0 bridgehead atoms. The maximum atomic E-state index is 11.5. The zero-order valence-electron chi connectivity index (χ0n) is 10.2. The van der Waals surface area contributed by atoms with Crippen LogP contribution in [-0.4, -0.2) is 30.9 Å². The van der Waals surface area contributed by atoms with Crippen molar-refractivity contribution < 1.29 is 22.8 Å². The molecular formula is C12H11NO5S. The molecule has 0 unspecified atom stereocenters. The predicted octanol–water partition coefficient (Wildman–Crippen LogP) is 1.75. The number of carboxylic acids is 1. The molecule has 7 heteroatoms. The Balaban J connectivity index is 2.47. The molecule has 6 nitrogen and oxygen atoms in total. The van der Waals surface area contributed by atoms with Crippen LogP contribution in [0.5, 0.6) is 0 Å². The summed E-state index contributed by atoms with van der Waals surface area (Å²) >= 11 is 0. The Bertz CT molecular complexity index is 745. The van der Waals surface area contributed by atoms with E-state index in [-0.39, 0.29) is 10.7 Å². The Morgan fingerprint density at radius 3 is 2.47 bits per heavy atom. The summed E-state index contributed by atoms with van der Waals surface area (Å²) in [6.07, 6.45) is 1.13. The van der Waals surface area contributed by atoms with E-state index < -0.39 is 15.8 Å². The number of aryl methyl sites for hydroxylation is 1. The molecule has 0 saturated heterocycles. The van der Waals surface area contributed by atoms with Crippen molar-refractivity contribution in [3.8, 4) is 11.3 Å². The Kier molecular flexibility index (Phi) is 3.15. The van der Waals surface area contributed by atoms with E-state index in [1.54, 1.807) is 19.1 Å². The Hall–Kier alpha value is -2.15. The van der Waals surface area contributed by atoms with Crippen LogP contribution in [0.15, 0.2) is 33.7 Å². The van der Waals surface area contributed by atoms with E-state index in [1.807, 2.05) is 0 Å². The van der Waals surface area contributed by atoms with Crippen LogP contribution < -0.4 is 0 Å². The van der Waals surface area contributed by atoms with Gasteiger partial charge in [0.25, 0.3) is 0 Å². The molecule has 1 heterocycles. The van der Waals surface area contributed by atoms with Gasteiger partial charge in [-0.1, -0.05) is 11.2 Å². The van der Waals surface area contributed by atoms with Crippen LogP contribution in [-0.2, 0) is 9.84 Å². The molecule has 0 spiro atoms. The van der Waals surface area contributed by atoms with Gasteiger partial charge >= 0.3 is 5.97 Å². The summed E-state index contributed by atoms with van der Waals surface area (Å²) in [5.41, 5.74) is 1.52. The van der Waals surface area contributed by atoms with Gasteiger partial charge in [0.15, 0.2) is 9.84 Å². The van der Waals surface area contributed by atoms with Crippen LogP contribution in [0.25, 0.3) is 11.3 Å². The molecule has 0 saturated carbocycles. The highest BCUT2D eigenvalue weighted by Crippen LogP contribution is 2.24. The van der Waals surface area contributed by atoms with Crippen molar-refractivity contribution in [1.82, 2.24) is 5.16 Å². The van der Waals surface area contributed by atoms with Crippen LogP contribution in [0, 0.1) is 6.92 Å². The molecule has 0 fully saturated rings. The van der Waals surface area contributed by atoms with Crippen molar-refractivity contribution >= 4 is 15.8 Å². The first-order valence-corrected chi connectivity index (χ1v) is 7.19. The Morgan fingerprint density at radius 1 is 1.32 bits per heavy atom. The van der Waals surface area contributed by atoms with Gasteiger partial charge in [-0.15, -0.1) is 0 Å². The summed E-state index contributed by atoms with van der Waals surface area (Å²) < 4.78 is 27.6. The zero-order valence-corrected chi connectivity index (χ0v) is 11.1. The molecular weight excluding hydrogens is 270 g/mol. The summed E-state index contributed by atoms with van der Waals surface area (Å²) in [7, 11) is -3.28. The van der Waals surface area contributed by atoms with Gasteiger partial charge in [0.05, 0.1) is 4.90 Å². The Labute approximate surface area is 109 Å². The minimum atomic E-state index is -3.28. The second-order valence-corrected chi connectivity index (χ2v) is 6.12. The number of hydrogen-bond donors (Lipinski definition) is 1. The van der Waals surface area contributed by atoms with E-state index >= 15 is 0 Å². The molecule has 1 N–H and O–H groups in total. The molecule has 0 amide bonds. The first-order valence-electron chi connectivity index (χ1n) is 5.30. The lowest BCUT2D eigenvalue weighted by molar-refractivity contribution is 0.0652. The molecule has 100 valence electrons. The number of aromatic nitrogens is 1. The lowest BCUT2D eigenvalue weighted by Gasteiger charge is -2.04. The minimum absolute atomic E-state index is 0.234. The third-order valence-corrected chi connectivity index (χ3v) is 3.85. The van der Waals surface area contributed by atoms with E-state index in [0.29, 0.717) is 16.8 Å². The average molecular weight is 281 g/mol. The first-order chi connectivity index (χ1) is 8.79. The number of nitrogens with zero attached hydrogens (tertiary/aromatic N) is 1. The highest BCUT2D eigenvalue weighted by Gasteiger charge is 2.15. The van der Waals surface area contributed by atoms with Crippen molar-refractivity contribution in [2.24, 2.45) is 0 Å². The number of hydrogen-bond acceptors (Lipinski definition) is 5. The molecule has 0 atom stereocenters. The molecule has 2 rings (SSSR count). The van der Waals surface area contributed by atoms with E-state index in [0.717, 1.165) is 6.26 Å². The van der Waals surface area contributed by atoms with Crippen molar-refractivity contribution in [2.75, 3.05) is 6.26 Å². The number of carbonyl (C=O) groups is 1. The van der Waals surface area contributed by atoms with Crippen LogP contribution in [0.1, 0.15) is 16.1 Å². The van der Waals surface area contributed by atoms with Crippen molar-refractivity contribution in [3.05, 3.63) is 35.6 Å². The highest BCUT2D eigenvalue weighted by atomic mass is 32.2. The maximum absolute atomic E-state index is 11.5. The lowest BCUT2D eigenvalue weighted by Crippen LogP contribution is -1.99. The maximum Gasteiger partial charge on any atom is 0.374 e. The van der Waals surface area contributed by atoms with Crippen LogP contribution in [0.2, 0.25) is 0 Å². The van der Waals surface area contributed by atoms with Gasteiger partial charge in [0, 0.05) is 17.9 Å². The van der Waals surface area contributed by atoms with Crippen molar-refractivity contribution in [1.29, 1.82) is 0 Å². The van der Waals surface area contributed by atoms with Gasteiger partial charge in [-0.05, 0) is 24.6 Å². The summed E-state index contributed by atoms with van der Waals surface area (Å²) in [5.74, 6) is -1.47. The van der Waals surface area contributed by atoms with Crippen LogP contribution >= 0.6 is 0 Å². The van der Waals surface area contributed by atoms with E-state index in [9.17, 15) is 13.2 Å². The fraction of sp³-hybridized carbons (Fsp3) is 0.167. The lowest BCUT2D eigenvalue weighted by atomic mass is 10.1. The quantitative estimate of drug-likeness (QED) is 0.920. The molecule has 0 aliphatic rings. The topological polar surface area (TPSA) is 97.5 Å². The predicted molar refractivity (Wildman–Crippen MR) is 66.7 cm³/mol. The number of rotatable bonds is 3. The summed E-state index contributed by atoms with van der Waals surface area (Å²) in [6.45, 7) is 1.66. The second kappa shape index (κ2) is 4.51. The van der Waals surface area contributed by atoms with Gasteiger partial charge < -0.3 is 9.63 Å². The van der Waals surface area contributed by atoms with Crippen LogP contribution in [0.4, 0.5) is 0 Å². The smallest absolute Gasteiger partial charge is 0.374 e. The largest absolute Gasteiger partial charge is 0.475 e. The number of benzene rings is 1. The first kappa shape index (κ1) is 13.3. The van der Waals surface area contributed by atoms with E-state index in [1.165, 1.54) is 12.1 Å². The summed E-state index contributed by atoms with van der Waals surface area (Å²) in [5, 5.41) is 12.4. The number of carboxylic acid groups (broad SMARTS) is 1. The average Bonchev–Trinajstić information content (AvgIpc) is 2.76. The van der Waals surface area contributed by atoms with Crippen molar-refractivity contribution in [3.63, 3.8) is 0 Å². The molecule has 1 aromatic heterocycles. The normalized spacial score (nSPS) is 11.5. The molecule has 0 radical (unpaired) electrons. The highest BCUT2D eigenvalue weighted by molar-refractivity contribution is 7.90. The van der Waals surface area contributed by atoms with Gasteiger partial charge in [-0.25, -0.2) is 13.2 Å². The third kappa shape index (κ3) is 2.65. The van der Waals surface area contributed by atoms with E-state index in [4.69, 9.17) is 5.11 Å². The van der Waals surface area contributed by atoms with Crippen LogP contribution in [0.3, 0.4) is 0 Å². The molecule has 19 heavy (non-hydrogen) atoms. The van der Waals surface area contributed by atoms with Gasteiger partial charge in [-0.3, -0.25) is 0 Å². The summed E-state index contributed by atoms with van der Waals surface area (Å²) in [6, 6.07) is 5.94. The molecule has 0 aliphatic heterocycles. The number of sulfone groups is 1. The minimum Gasteiger partial charge on any atom is -0.475 e. The number of aromatic carboxylic acids is 1. The van der Waals surface area contributed by atoms with Crippen molar-refractivity contribution in [2.45, 2.75) is 11.8 Å². The monoisotopic (exact) mass is 281 g/mol. The molecule has 0 aliphatic carbocycles. The molecule has 1 aromatic carbocycles. The van der Waals surface area contributed by atoms with Gasteiger partial charge in [0.1, 0.15) is 5.69 Å². The summed E-state index contributed by atoms with van der Waals surface area (Å²) in [4.78, 5) is 10.9.